The van der Waals surface area contributed by atoms with E-state index in [0.29, 0.717) is 107 Å². The number of nitrogens with one attached hydrogen (secondary N) is 3. The second kappa shape index (κ2) is 17.8. The highest BCUT2D eigenvalue weighted by Crippen LogP contribution is 2.58. The van der Waals surface area contributed by atoms with Crippen molar-refractivity contribution in [1.29, 1.82) is 0 Å². The van der Waals surface area contributed by atoms with Gasteiger partial charge in [-0.25, -0.2) is 0 Å². The largest absolute Gasteiger partial charge is 0.505 e. The van der Waals surface area contributed by atoms with Gasteiger partial charge in [-0.2, -0.15) is 0 Å². The van der Waals surface area contributed by atoms with Crippen LogP contribution in [0.2, 0.25) is 0 Å². The maximum absolute atomic E-state index is 14.1. The number of phenols is 2. The van der Waals surface area contributed by atoms with Gasteiger partial charge in [0.05, 0.1) is 84.0 Å². The van der Waals surface area contributed by atoms with Gasteiger partial charge >= 0.3 is 0 Å². The molecule has 1 unspecified atom stereocenters. The van der Waals surface area contributed by atoms with Gasteiger partial charge in [0.2, 0.25) is 0 Å². The maximum Gasteiger partial charge on any atom is 0.194 e. The maximum atomic E-state index is 14.1. The van der Waals surface area contributed by atoms with Crippen LogP contribution in [0.25, 0.3) is 49.2 Å². The fourth-order valence-electron chi connectivity index (χ4n) is 8.01. The Morgan fingerprint density at radius 2 is 1.27 bits per heavy atom. The quantitative estimate of drug-likeness (QED) is 0.0188. The van der Waals surface area contributed by atoms with Gasteiger partial charge in [-0.05, 0) is 19.2 Å². The number of anilines is 1. The zero-order valence-corrected chi connectivity index (χ0v) is 32.4. The molecule has 7 N–H and O–H groups in total. The summed E-state index contributed by atoms with van der Waals surface area (Å²) in [5, 5.41) is 55.0. The minimum Gasteiger partial charge on any atom is -0.505 e. The predicted molar refractivity (Wildman–Crippen MR) is 219 cm³/mol. The fourth-order valence-corrected chi connectivity index (χ4v) is 8.01. The molecule has 0 fully saturated rings. The van der Waals surface area contributed by atoms with Crippen molar-refractivity contribution in [2.45, 2.75) is 19.8 Å². The van der Waals surface area contributed by atoms with E-state index in [4.69, 9.17) is 38.9 Å². The Kier molecular flexibility index (Phi) is 12.9. The van der Waals surface area contributed by atoms with E-state index in [2.05, 4.69) is 16.0 Å². The van der Waals surface area contributed by atoms with Crippen LogP contribution in [0.3, 0.4) is 0 Å². The van der Waals surface area contributed by atoms with Crippen LogP contribution >= 0.6 is 0 Å². The monoisotopic (exact) mass is 774 g/mol. The van der Waals surface area contributed by atoms with E-state index in [0.717, 1.165) is 5.57 Å². The van der Waals surface area contributed by atoms with Gasteiger partial charge in [0, 0.05) is 94.5 Å². The fraction of sp³-hybridized carbons (Fsp3) is 0.439. The standard InChI is InChI=1S/C41H50N4O11/c1-21-18-23-29-34-30(39(50)38(23)45-9-7-43-11-15-56-17-13-47)24(48)19-26(52-3)32(34)33-27(53-4)20-25(49)31-36(33)35(29)37(41(54-5)40(31)51)28(21)22(2)44-8-6-42-10-14-55-16-12-46/h18-20,28,42-43,45-47,50-51H,6-17H2,1-5H3/b44-22+. The van der Waals surface area contributed by atoms with Gasteiger partial charge in [0.15, 0.2) is 28.1 Å². The lowest BCUT2D eigenvalue weighted by molar-refractivity contribution is 0.0941. The number of ether oxygens (including phenoxy) is 5. The molecule has 0 saturated carbocycles. The molecule has 0 aromatic heterocycles. The molecule has 0 spiro atoms. The second-order valence-electron chi connectivity index (χ2n) is 13.5. The Bertz CT molecular complexity index is 2400. The van der Waals surface area contributed by atoms with Crippen LogP contribution in [0.4, 0.5) is 5.69 Å². The summed E-state index contributed by atoms with van der Waals surface area (Å²) in [5.41, 5.74) is 1.99. The van der Waals surface area contributed by atoms with Crippen LogP contribution in [-0.2, 0) is 9.47 Å². The number of rotatable bonds is 21. The lowest BCUT2D eigenvalue weighted by atomic mass is 9.80. The lowest BCUT2D eigenvalue weighted by Crippen LogP contribution is -2.26. The van der Waals surface area contributed by atoms with Crippen molar-refractivity contribution >= 4 is 60.6 Å². The number of allylic oxidation sites excluding steroid dienone is 1. The average molecular weight is 775 g/mol. The van der Waals surface area contributed by atoms with Crippen LogP contribution in [0.1, 0.15) is 30.9 Å². The minimum absolute atomic E-state index is 0.0186. The molecule has 1 aliphatic carbocycles. The molecule has 0 amide bonds. The molecule has 0 aliphatic heterocycles. The van der Waals surface area contributed by atoms with Crippen LogP contribution in [0.15, 0.2) is 32.3 Å². The van der Waals surface area contributed by atoms with Gasteiger partial charge < -0.3 is 60.1 Å². The normalized spacial score (nSPS) is 14.4. The first-order chi connectivity index (χ1) is 27.2. The molecular weight excluding hydrogens is 724 g/mol. The topological polar surface area (TPSA) is 210 Å². The van der Waals surface area contributed by atoms with Gasteiger partial charge in [-0.1, -0.05) is 11.6 Å². The first-order valence-electron chi connectivity index (χ1n) is 18.6. The smallest absolute Gasteiger partial charge is 0.194 e. The Morgan fingerprint density at radius 3 is 1.84 bits per heavy atom. The Morgan fingerprint density at radius 1 is 0.696 bits per heavy atom. The number of methoxy groups -OCH3 is 3. The van der Waals surface area contributed by atoms with E-state index in [-0.39, 0.29) is 65.9 Å². The first kappa shape index (κ1) is 40.6. The molecule has 5 aromatic rings. The van der Waals surface area contributed by atoms with Gasteiger partial charge in [-0.15, -0.1) is 0 Å². The van der Waals surface area contributed by atoms with Gasteiger partial charge in [-0.3, -0.25) is 14.6 Å². The first-order valence-corrected chi connectivity index (χ1v) is 18.6. The molecule has 1 atom stereocenters. The number of aliphatic imine (C=N–C) groups is 1. The number of benzene rings is 5. The van der Waals surface area contributed by atoms with E-state index in [1.54, 1.807) is 0 Å². The molecule has 15 heteroatoms. The van der Waals surface area contributed by atoms with Gasteiger partial charge in [0.25, 0.3) is 0 Å². The van der Waals surface area contributed by atoms with E-state index in [9.17, 15) is 19.8 Å². The van der Waals surface area contributed by atoms with Crippen LogP contribution in [0, 0.1) is 0 Å². The molecular formula is C41H50N4O11. The van der Waals surface area contributed by atoms with Crippen molar-refractivity contribution in [3.8, 4) is 28.7 Å². The summed E-state index contributed by atoms with van der Waals surface area (Å²) in [6.07, 6.45) is 1.95. The van der Waals surface area contributed by atoms with Crippen molar-refractivity contribution in [3.05, 3.63) is 49.3 Å². The van der Waals surface area contributed by atoms with Crippen LogP contribution < -0.4 is 41.0 Å². The Labute approximate surface area is 323 Å². The molecule has 6 rings (SSSR count). The molecule has 0 saturated heterocycles. The summed E-state index contributed by atoms with van der Waals surface area (Å²) < 4.78 is 28.4. The molecule has 0 heterocycles. The van der Waals surface area contributed by atoms with E-state index < -0.39 is 16.8 Å². The second-order valence-corrected chi connectivity index (χ2v) is 13.5. The summed E-state index contributed by atoms with van der Waals surface area (Å²) in [5.74, 6) is -0.635. The molecule has 56 heavy (non-hydrogen) atoms. The number of aliphatic hydroxyl groups excluding tert-OH is 2. The van der Waals surface area contributed by atoms with E-state index >= 15 is 0 Å². The minimum atomic E-state index is -0.575. The lowest BCUT2D eigenvalue weighted by Gasteiger charge is -2.26. The Balaban J connectivity index is 1.66. The van der Waals surface area contributed by atoms with Crippen molar-refractivity contribution in [2.24, 2.45) is 4.99 Å². The zero-order valence-electron chi connectivity index (χ0n) is 32.4. The van der Waals surface area contributed by atoms with E-state index in [1.165, 1.54) is 33.5 Å². The SMILES string of the molecule is COc1c(O)c2c(=O)cc(OC)c3c4c(OC)cc(=O)c5c(O)c(NCCNCCOCCO)c6c(c(c1C(/C(C)=N/CCNCCOCCO)C(C)=C6)c23)c54. The molecule has 0 bridgehead atoms. The number of fused-ring (bicyclic) bond motifs is 1. The summed E-state index contributed by atoms with van der Waals surface area (Å²) in [4.78, 5) is 33.1. The van der Waals surface area contributed by atoms with Crippen molar-refractivity contribution in [2.75, 3.05) is 106 Å². The number of phenolic OH excluding ortho intramolecular Hbond substituents is 2. The predicted octanol–water partition coefficient (Wildman–Crippen LogP) is 2.90. The molecule has 5 aromatic carbocycles. The van der Waals surface area contributed by atoms with Crippen LogP contribution in [-0.4, -0.2) is 126 Å². The highest BCUT2D eigenvalue weighted by molar-refractivity contribution is 6.40. The van der Waals surface area contributed by atoms with E-state index in [1.807, 2.05) is 19.9 Å². The summed E-state index contributed by atoms with van der Waals surface area (Å²) >= 11 is 0. The van der Waals surface area contributed by atoms with Crippen LogP contribution in [0.5, 0.6) is 28.7 Å². The van der Waals surface area contributed by atoms with Crippen molar-refractivity contribution < 1.29 is 44.1 Å². The zero-order chi connectivity index (χ0) is 40.1. The number of aromatic hydroxyl groups is 2. The Hall–Kier alpha value is -5.03. The molecule has 0 radical (unpaired) electrons. The van der Waals surface area contributed by atoms with Crippen molar-refractivity contribution in [3.63, 3.8) is 0 Å². The van der Waals surface area contributed by atoms with Gasteiger partial charge in [0.1, 0.15) is 11.5 Å². The summed E-state index contributed by atoms with van der Waals surface area (Å²) in [6.45, 7) is 8.03. The summed E-state index contributed by atoms with van der Waals surface area (Å²) in [7, 11) is 4.33. The number of nitrogens with zero attached hydrogens (tertiary/aromatic N) is 1. The summed E-state index contributed by atoms with van der Waals surface area (Å²) in [6, 6.07) is 2.62. The molecule has 15 nitrogen and oxygen atoms in total. The average Bonchev–Trinajstić information content (AvgIpc) is 3.31. The molecule has 1 aliphatic rings. The third-order valence-corrected chi connectivity index (χ3v) is 10.2. The number of hydrogen-bond donors (Lipinski definition) is 7. The van der Waals surface area contributed by atoms with Crippen molar-refractivity contribution in [1.82, 2.24) is 10.6 Å². The highest BCUT2D eigenvalue weighted by atomic mass is 16.5. The number of hydrogen-bond acceptors (Lipinski definition) is 15. The number of aliphatic hydroxyl groups is 2. The third kappa shape index (κ3) is 7.22. The highest BCUT2D eigenvalue weighted by Gasteiger charge is 2.36. The third-order valence-electron chi connectivity index (χ3n) is 10.2. The molecule has 300 valence electrons.